The summed E-state index contributed by atoms with van der Waals surface area (Å²) >= 11 is 0.415. The summed E-state index contributed by atoms with van der Waals surface area (Å²) in [7, 11) is -8.74. The van der Waals surface area contributed by atoms with Gasteiger partial charge in [0.15, 0.2) is 5.75 Å². The number of hydrogen-bond acceptors (Lipinski definition) is 12. The molecule has 0 amide bonds. The summed E-state index contributed by atoms with van der Waals surface area (Å²) in [5.74, 6) is -0.0983. The van der Waals surface area contributed by atoms with Gasteiger partial charge in [0.2, 0.25) is 10.0 Å². The number of nitrogens with zero attached hydrogens (tertiary/aromatic N) is 2. The lowest BCUT2D eigenvalue weighted by molar-refractivity contribution is -0.432. The summed E-state index contributed by atoms with van der Waals surface area (Å²) in [5, 5.41) is 32.2. The van der Waals surface area contributed by atoms with E-state index in [-0.39, 0.29) is 27.0 Å². The van der Waals surface area contributed by atoms with Gasteiger partial charge in [0.05, 0.1) is 45.8 Å². The molecule has 0 saturated heterocycles. The second-order valence-corrected chi connectivity index (χ2v) is 14.4. The lowest BCUT2D eigenvalue weighted by atomic mass is 10.0. The molecule has 0 atom stereocenters. The fourth-order valence-electron chi connectivity index (χ4n) is 4.55. The number of hydrogen-bond donors (Lipinski definition) is 4. The number of nitrogens with one attached hydrogen (secondary N) is 1. The van der Waals surface area contributed by atoms with Crippen molar-refractivity contribution in [3.63, 3.8) is 0 Å². The third kappa shape index (κ3) is 11.1. The Morgan fingerprint density at radius 2 is 1.62 bits per heavy atom. The smallest absolute Gasteiger partial charge is 0.294 e. The van der Waals surface area contributed by atoms with E-state index in [0.29, 0.717) is 30.1 Å². The highest BCUT2D eigenvalue weighted by atomic mass is 32.2. The minimum Gasteiger partial charge on any atom is -0.505 e. The maximum Gasteiger partial charge on any atom is 0.294 e. The SMILES string of the molecule is CCCCCCCCc1ccc(N=Nc2c(SOOO)cc3cc(S(=O)(=O)O)cc(NS(C)(=O)=O)c3c2O)c(OCCCC)c1. The molecule has 248 valence electrons. The number of fused-ring (bicyclic) bond motifs is 1. The van der Waals surface area contributed by atoms with Gasteiger partial charge >= 0.3 is 0 Å². The predicted octanol–water partition coefficient (Wildman–Crippen LogP) is 8.09. The van der Waals surface area contributed by atoms with Gasteiger partial charge in [-0.05, 0) is 60.5 Å². The van der Waals surface area contributed by atoms with Crippen LogP contribution in [0.1, 0.15) is 70.8 Å². The van der Waals surface area contributed by atoms with Crippen LogP contribution >= 0.6 is 12.0 Å². The summed E-state index contributed by atoms with van der Waals surface area (Å²) in [6, 6.07) is 8.77. The molecule has 0 bridgehead atoms. The molecule has 4 N–H and O–H groups in total. The van der Waals surface area contributed by atoms with E-state index in [4.69, 9.17) is 9.99 Å². The van der Waals surface area contributed by atoms with Crippen LogP contribution in [0.3, 0.4) is 0 Å². The Labute approximate surface area is 267 Å². The van der Waals surface area contributed by atoms with Crippen molar-refractivity contribution in [1.29, 1.82) is 0 Å². The van der Waals surface area contributed by atoms with Crippen LogP contribution in [0.4, 0.5) is 17.1 Å². The van der Waals surface area contributed by atoms with Crippen molar-refractivity contribution in [3.05, 3.63) is 42.0 Å². The monoisotopic (exact) mass is 685 g/mol. The molecule has 0 unspecified atom stereocenters. The van der Waals surface area contributed by atoms with Gasteiger partial charge in [-0.2, -0.15) is 8.42 Å². The van der Waals surface area contributed by atoms with E-state index < -0.39 is 30.8 Å². The van der Waals surface area contributed by atoms with Gasteiger partial charge in [0.25, 0.3) is 10.1 Å². The van der Waals surface area contributed by atoms with Crippen molar-refractivity contribution in [1.82, 2.24) is 0 Å². The Kier molecular flexibility index (Phi) is 13.8. The van der Waals surface area contributed by atoms with Gasteiger partial charge in [-0.3, -0.25) is 9.27 Å². The Hall–Kier alpha value is -2.99. The number of ether oxygens (including phenoxy) is 1. The molecule has 3 rings (SSSR count). The number of rotatable bonds is 19. The number of sulfonamides is 1. The number of azo groups is 1. The standard InChI is InChI=1S/C29H39N3O10S3/c1-4-6-8-9-10-11-12-20-13-14-23(25(16-20)40-15-7-5-2)30-31-28-26(43-42-41-34)18-21-17-22(45(37,38)39)19-24(27(21)29(28)33)32-44(3,35)36/h13-14,16-19,32-34H,4-12,15H2,1-3H3,(H,37,38,39). The van der Waals surface area contributed by atoms with Crippen LogP contribution in [0.5, 0.6) is 11.5 Å². The Balaban J connectivity index is 2.09. The van der Waals surface area contributed by atoms with Crippen LogP contribution in [0.25, 0.3) is 10.8 Å². The van der Waals surface area contributed by atoms with Crippen LogP contribution in [0.2, 0.25) is 0 Å². The van der Waals surface area contributed by atoms with E-state index in [1.54, 1.807) is 6.07 Å². The molecule has 0 aliphatic rings. The van der Waals surface area contributed by atoms with E-state index in [0.717, 1.165) is 56.1 Å². The first kappa shape index (κ1) is 36.5. The number of benzene rings is 3. The molecule has 13 nitrogen and oxygen atoms in total. The Morgan fingerprint density at radius 1 is 0.911 bits per heavy atom. The van der Waals surface area contributed by atoms with Crippen molar-refractivity contribution < 1.29 is 45.9 Å². The first-order chi connectivity index (χ1) is 21.4. The Morgan fingerprint density at radius 3 is 2.29 bits per heavy atom. The molecule has 0 radical (unpaired) electrons. The summed E-state index contributed by atoms with van der Waals surface area (Å²) in [5.41, 5.74) is 0.899. The molecule has 3 aromatic carbocycles. The highest BCUT2D eigenvalue weighted by molar-refractivity contribution is 7.94. The predicted molar refractivity (Wildman–Crippen MR) is 173 cm³/mol. The van der Waals surface area contributed by atoms with Crippen LogP contribution in [-0.2, 0) is 35.9 Å². The molecule has 0 fully saturated rings. The van der Waals surface area contributed by atoms with E-state index in [1.165, 1.54) is 31.7 Å². The number of aromatic hydroxyl groups is 1. The maximum atomic E-state index is 12.1. The van der Waals surface area contributed by atoms with E-state index >= 15 is 0 Å². The number of aryl methyl sites for hydroxylation is 1. The summed E-state index contributed by atoms with van der Waals surface area (Å²) in [4.78, 5) is -0.635. The van der Waals surface area contributed by atoms with Crippen LogP contribution in [-0.4, -0.2) is 44.6 Å². The zero-order valence-corrected chi connectivity index (χ0v) is 27.8. The average molecular weight is 686 g/mol. The number of anilines is 1. The van der Waals surface area contributed by atoms with Gasteiger partial charge in [-0.1, -0.05) is 63.5 Å². The minimum absolute atomic E-state index is 0.00346. The molecule has 0 spiro atoms. The fourth-order valence-corrected chi connectivity index (χ4v) is 6.15. The molecule has 0 saturated carbocycles. The van der Waals surface area contributed by atoms with Gasteiger partial charge in [-0.25, -0.2) is 13.7 Å². The summed E-state index contributed by atoms with van der Waals surface area (Å²) in [6.45, 7) is 4.69. The quantitative estimate of drug-likeness (QED) is 0.0238. The topological polar surface area (TPSA) is 193 Å². The van der Waals surface area contributed by atoms with Crippen LogP contribution in [0.15, 0.2) is 56.4 Å². The van der Waals surface area contributed by atoms with E-state index in [1.807, 2.05) is 19.1 Å². The number of unbranched alkanes of at least 4 members (excludes halogenated alkanes) is 6. The highest BCUT2D eigenvalue weighted by Crippen LogP contribution is 2.47. The molecule has 0 aromatic heterocycles. The van der Waals surface area contributed by atoms with Crippen molar-refractivity contribution in [2.24, 2.45) is 10.2 Å². The third-order valence-corrected chi connectivity index (χ3v) is 8.77. The van der Waals surface area contributed by atoms with Crippen molar-refractivity contribution >= 4 is 60.0 Å². The van der Waals surface area contributed by atoms with Crippen molar-refractivity contribution in [2.75, 3.05) is 17.6 Å². The largest absolute Gasteiger partial charge is 0.505 e. The third-order valence-electron chi connectivity index (χ3n) is 6.73. The highest BCUT2D eigenvalue weighted by Gasteiger charge is 2.23. The van der Waals surface area contributed by atoms with Gasteiger partial charge in [0, 0.05) is 0 Å². The Bertz CT molecular complexity index is 1700. The summed E-state index contributed by atoms with van der Waals surface area (Å²) in [6.07, 6.45) is 10.5. The lowest BCUT2D eigenvalue weighted by Crippen LogP contribution is -2.11. The van der Waals surface area contributed by atoms with Gasteiger partial charge in [-0.15, -0.1) is 14.6 Å². The first-order valence-electron chi connectivity index (χ1n) is 14.5. The molecular weight excluding hydrogens is 647 g/mol. The molecule has 0 aliphatic carbocycles. The van der Waals surface area contributed by atoms with Crippen LogP contribution in [0, 0.1) is 0 Å². The zero-order chi connectivity index (χ0) is 33.0. The minimum atomic E-state index is -4.78. The van der Waals surface area contributed by atoms with Crippen LogP contribution < -0.4 is 9.46 Å². The van der Waals surface area contributed by atoms with E-state index in [9.17, 15) is 26.5 Å². The average Bonchev–Trinajstić information content (AvgIpc) is 2.96. The zero-order valence-electron chi connectivity index (χ0n) is 25.4. The second kappa shape index (κ2) is 17.1. The van der Waals surface area contributed by atoms with E-state index in [2.05, 4.69) is 31.2 Å². The fraction of sp³-hybridized carbons (Fsp3) is 0.448. The molecule has 0 heterocycles. The molecule has 0 aliphatic heterocycles. The van der Waals surface area contributed by atoms with Gasteiger partial charge in [0.1, 0.15) is 17.1 Å². The molecule has 3 aromatic rings. The molecule has 16 heteroatoms. The lowest BCUT2D eigenvalue weighted by Gasteiger charge is -2.15. The first-order valence-corrected chi connectivity index (χ1v) is 18.6. The number of phenols is 1. The molecular formula is C29H39N3O10S3. The molecule has 45 heavy (non-hydrogen) atoms. The number of phenolic OH excluding ortho intramolecular Hbond substituents is 1. The summed E-state index contributed by atoms with van der Waals surface area (Å²) < 4.78 is 70.4. The maximum absolute atomic E-state index is 12.1. The van der Waals surface area contributed by atoms with Crippen molar-refractivity contribution in [3.8, 4) is 11.5 Å². The second-order valence-electron chi connectivity index (χ2n) is 10.4. The van der Waals surface area contributed by atoms with Crippen molar-refractivity contribution in [2.45, 2.75) is 81.4 Å². The normalized spacial score (nSPS) is 12.3. The van der Waals surface area contributed by atoms with Gasteiger partial charge < -0.3 is 9.84 Å².